The van der Waals surface area contributed by atoms with Crippen LogP contribution in [-0.4, -0.2) is 87.8 Å². The van der Waals surface area contributed by atoms with E-state index < -0.39 is 0 Å². The molecule has 0 aliphatic carbocycles. The van der Waals surface area contributed by atoms with E-state index in [1.807, 2.05) is 18.2 Å². The highest BCUT2D eigenvalue weighted by Crippen LogP contribution is 2.29. The smallest absolute Gasteiger partial charge is 0.257 e. The number of benzene rings is 1. The second-order valence-corrected chi connectivity index (χ2v) is 8.33. The van der Waals surface area contributed by atoms with Crippen LogP contribution in [0.1, 0.15) is 16.8 Å². The topological polar surface area (TPSA) is 57.7 Å². The van der Waals surface area contributed by atoms with Crippen molar-refractivity contribution in [2.45, 2.75) is 6.42 Å². The van der Waals surface area contributed by atoms with E-state index in [1.165, 1.54) is 5.69 Å². The molecule has 9 heteroatoms. The maximum Gasteiger partial charge on any atom is 0.257 e. The van der Waals surface area contributed by atoms with Crippen LogP contribution in [-0.2, 0) is 0 Å². The summed E-state index contributed by atoms with van der Waals surface area (Å²) < 4.78 is 6.58. The molecule has 0 saturated carbocycles. The van der Waals surface area contributed by atoms with Gasteiger partial charge in [-0.2, -0.15) is 0 Å². The second-order valence-electron chi connectivity index (χ2n) is 8.33. The summed E-state index contributed by atoms with van der Waals surface area (Å²) >= 11 is 0. The number of ether oxygens (including phenoxy) is 1. The van der Waals surface area contributed by atoms with Gasteiger partial charge in [0.25, 0.3) is 5.91 Å². The molecular formula is C23H35ClIN5O2. The normalized spacial score (nSPS) is 14.6. The number of halogens is 2. The third-order valence-corrected chi connectivity index (χ3v) is 5.86. The molecule has 0 radical (unpaired) electrons. The van der Waals surface area contributed by atoms with E-state index in [2.05, 4.69) is 34.4 Å². The molecule has 32 heavy (non-hydrogen) atoms. The Hall–Kier alpha value is -1.78. The summed E-state index contributed by atoms with van der Waals surface area (Å²) in [6.45, 7) is 6.14. The molecule has 7 nitrogen and oxygen atoms in total. The molecule has 178 valence electrons. The molecule has 1 aliphatic rings. The van der Waals surface area contributed by atoms with Gasteiger partial charge in [-0.1, -0.05) is 12.1 Å². The molecule has 2 aromatic rings. The number of methoxy groups -OCH3 is 1. The molecule has 1 amide bonds. The van der Waals surface area contributed by atoms with E-state index in [0.717, 1.165) is 55.9 Å². The zero-order valence-corrected chi connectivity index (χ0v) is 22.4. The number of anilines is 2. The highest BCUT2D eigenvalue weighted by atomic mass is 127. The van der Waals surface area contributed by atoms with Gasteiger partial charge in [-0.3, -0.25) is 4.79 Å². The molecule has 0 unspecified atom stereocenters. The number of para-hydroxylation sites is 2. The lowest BCUT2D eigenvalue weighted by Crippen LogP contribution is -3.00. The molecule has 1 aliphatic heterocycles. The van der Waals surface area contributed by atoms with Gasteiger partial charge in [-0.05, 0) is 24.3 Å². The number of nitrogens with zero attached hydrogens (tertiary/aromatic N) is 4. The van der Waals surface area contributed by atoms with E-state index >= 15 is 0 Å². The monoisotopic (exact) mass is 575 g/mol. The first kappa shape index (κ1) is 28.3. The largest absolute Gasteiger partial charge is 1.00 e. The van der Waals surface area contributed by atoms with Gasteiger partial charge in [0.1, 0.15) is 11.6 Å². The minimum Gasteiger partial charge on any atom is -1.00 e. The van der Waals surface area contributed by atoms with Crippen molar-refractivity contribution in [3.8, 4) is 5.75 Å². The fourth-order valence-corrected chi connectivity index (χ4v) is 3.93. The lowest BCUT2D eigenvalue weighted by atomic mass is 10.2. The highest BCUT2D eigenvalue weighted by molar-refractivity contribution is 5.98. The van der Waals surface area contributed by atoms with Gasteiger partial charge >= 0.3 is 0 Å². The SMILES string of the molecule is COc1ccccc1N1CC[N+](C)(CCCNc2ncccc2C(=O)N(C)C)CC1.Cl.[I-]. The quantitative estimate of drug-likeness (QED) is 0.273. The summed E-state index contributed by atoms with van der Waals surface area (Å²) in [4.78, 5) is 20.7. The Morgan fingerprint density at radius 3 is 2.53 bits per heavy atom. The van der Waals surface area contributed by atoms with Gasteiger partial charge < -0.3 is 48.3 Å². The van der Waals surface area contributed by atoms with Crippen LogP contribution < -0.4 is 38.9 Å². The molecule has 1 fully saturated rings. The Bertz CT molecular complexity index is 860. The predicted molar refractivity (Wildman–Crippen MR) is 129 cm³/mol. The number of aromatic nitrogens is 1. The average Bonchev–Trinajstić information content (AvgIpc) is 2.77. The van der Waals surface area contributed by atoms with Crippen molar-refractivity contribution < 1.29 is 38.0 Å². The van der Waals surface area contributed by atoms with E-state index in [-0.39, 0.29) is 42.3 Å². The number of rotatable bonds is 8. The zero-order valence-electron chi connectivity index (χ0n) is 19.4. The summed E-state index contributed by atoms with van der Waals surface area (Å²) in [6, 6.07) is 11.9. The minimum atomic E-state index is -0.0305. The molecule has 1 aromatic carbocycles. The summed E-state index contributed by atoms with van der Waals surface area (Å²) in [6.07, 6.45) is 2.75. The predicted octanol–water partition coefficient (Wildman–Crippen LogP) is -0.0134. The fraction of sp³-hybridized carbons (Fsp3) is 0.478. The van der Waals surface area contributed by atoms with Crippen molar-refractivity contribution in [3.05, 3.63) is 48.2 Å². The number of nitrogens with one attached hydrogen (secondary N) is 1. The van der Waals surface area contributed by atoms with Gasteiger partial charge in [0.05, 0.1) is 58.1 Å². The first-order valence-corrected chi connectivity index (χ1v) is 10.6. The van der Waals surface area contributed by atoms with Gasteiger partial charge in [0.15, 0.2) is 0 Å². The van der Waals surface area contributed by atoms with Crippen LogP contribution in [0.2, 0.25) is 0 Å². The maximum atomic E-state index is 12.3. The summed E-state index contributed by atoms with van der Waals surface area (Å²) in [5, 5.41) is 3.36. The molecule has 3 rings (SSSR count). The van der Waals surface area contributed by atoms with Gasteiger partial charge in [-0.15, -0.1) is 12.4 Å². The number of carbonyl (C=O) groups is 1. The molecule has 0 spiro atoms. The van der Waals surface area contributed by atoms with Gasteiger partial charge in [0, 0.05) is 33.3 Å². The molecule has 1 aromatic heterocycles. The number of carbonyl (C=O) groups excluding carboxylic acids is 1. The van der Waals surface area contributed by atoms with Crippen molar-refractivity contribution in [1.82, 2.24) is 9.88 Å². The number of amides is 1. The van der Waals surface area contributed by atoms with Crippen molar-refractivity contribution >= 4 is 29.8 Å². The number of hydrogen-bond acceptors (Lipinski definition) is 5. The van der Waals surface area contributed by atoms with Crippen LogP contribution in [0.4, 0.5) is 11.5 Å². The summed E-state index contributed by atoms with van der Waals surface area (Å²) in [5.41, 5.74) is 1.80. The van der Waals surface area contributed by atoms with Gasteiger partial charge in [-0.25, -0.2) is 4.98 Å². The third kappa shape index (κ3) is 7.11. The number of quaternary nitrogens is 1. The highest BCUT2D eigenvalue weighted by Gasteiger charge is 2.29. The van der Waals surface area contributed by atoms with E-state index in [1.54, 1.807) is 38.4 Å². The van der Waals surface area contributed by atoms with Crippen molar-refractivity contribution in [3.63, 3.8) is 0 Å². The Kier molecular flexibility index (Phi) is 11.5. The summed E-state index contributed by atoms with van der Waals surface area (Å²) in [5.74, 6) is 1.58. The standard InChI is InChI=1S/C23H33N5O2.ClH.HI/c1-26(2)23(29)19-9-7-12-24-22(19)25-13-8-16-28(3)17-14-27(15-18-28)20-10-5-6-11-21(20)30-4;;/h5-7,9-12H,8,13-18H2,1-4H3;2*1H. The zero-order chi connectivity index (χ0) is 21.6. The molecule has 1 saturated heterocycles. The number of likely N-dealkylation sites (N-methyl/N-ethyl adjacent to an activating group) is 1. The van der Waals surface area contributed by atoms with Crippen LogP contribution in [0.5, 0.6) is 5.75 Å². The van der Waals surface area contributed by atoms with Crippen LogP contribution in [0.3, 0.4) is 0 Å². The summed E-state index contributed by atoms with van der Waals surface area (Å²) in [7, 11) is 7.58. The van der Waals surface area contributed by atoms with Crippen LogP contribution in [0.25, 0.3) is 0 Å². The van der Waals surface area contributed by atoms with E-state index in [4.69, 9.17) is 4.74 Å². The molecule has 2 heterocycles. The molecule has 0 atom stereocenters. The fourth-order valence-electron chi connectivity index (χ4n) is 3.93. The van der Waals surface area contributed by atoms with Crippen molar-refractivity contribution in [2.24, 2.45) is 0 Å². The average molecular weight is 576 g/mol. The lowest BCUT2D eigenvalue weighted by Gasteiger charge is -2.43. The Morgan fingerprint density at radius 2 is 1.88 bits per heavy atom. The van der Waals surface area contributed by atoms with E-state index in [9.17, 15) is 4.79 Å². The van der Waals surface area contributed by atoms with Crippen molar-refractivity contribution in [2.75, 3.05) is 77.7 Å². The molecular weight excluding hydrogens is 541 g/mol. The van der Waals surface area contributed by atoms with Gasteiger partial charge in [0.2, 0.25) is 0 Å². The first-order chi connectivity index (χ1) is 14.4. The van der Waals surface area contributed by atoms with Crippen LogP contribution in [0, 0.1) is 0 Å². The first-order valence-electron chi connectivity index (χ1n) is 10.6. The van der Waals surface area contributed by atoms with Crippen LogP contribution in [0.15, 0.2) is 42.6 Å². The second kappa shape index (κ2) is 13.1. The third-order valence-electron chi connectivity index (χ3n) is 5.86. The number of pyridine rings is 1. The minimum absolute atomic E-state index is 0. The Labute approximate surface area is 215 Å². The van der Waals surface area contributed by atoms with E-state index in [0.29, 0.717) is 11.4 Å². The Morgan fingerprint density at radius 1 is 1.19 bits per heavy atom. The molecule has 1 N–H and O–H groups in total. The maximum absolute atomic E-state index is 12.3. The Balaban J connectivity index is 0.00000256. The van der Waals surface area contributed by atoms with Crippen molar-refractivity contribution in [1.29, 1.82) is 0 Å². The molecule has 0 bridgehead atoms. The lowest BCUT2D eigenvalue weighted by molar-refractivity contribution is -0.910. The number of piperazine rings is 1. The number of hydrogen-bond donors (Lipinski definition) is 1. The van der Waals surface area contributed by atoms with Crippen LogP contribution >= 0.6 is 12.4 Å².